The highest BCUT2D eigenvalue weighted by Gasteiger charge is 2.10. The number of benzene rings is 1. The van der Waals surface area contributed by atoms with E-state index in [2.05, 4.69) is 5.10 Å². The fourth-order valence-electron chi connectivity index (χ4n) is 1.41. The zero-order chi connectivity index (χ0) is 10.7. The van der Waals surface area contributed by atoms with Gasteiger partial charge in [0.05, 0.1) is 7.11 Å². The summed E-state index contributed by atoms with van der Waals surface area (Å²) in [6.07, 6.45) is 2.36. The van der Waals surface area contributed by atoms with Gasteiger partial charge in [-0.05, 0) is 29.4 Å². The van der Waals surface area contributed by atoms with Gasteiger partial charge in [-0.1, -0.05) is 4.68 Å². The van der Waals surface area contributed by atoms with Crippen LogP contribution in [0.25, 0.3) is 0 Å². The predicted molar refractivity (Wildman–Crippen MR) is 55.3 cm³/mol. The van der Waals surface area contributed by atoms with Gasteiger partial charge in [0.1, 0.15) is 5.75 Å². The fourth-order valence-corrected chi connectivity index (χ4v) is 1.41. The predicted octanol–water partition coefficient (Wildman–Crippen LogP) is 0.204. The molecule has 1 aliphatic rings. The lowest BCUT2D eigenvalue weighted by Gasteiger charge is -1.97. The Labute approximate surface area is 88.1 Å². The topological polar surface area (TPSA) is 47.7 Å². The summed E-state index contributed by atoms with van der Waals surface area (Å²) in [5.74, 6) is 0.765. The Bertz CT molecular complexity index is 407. The van der Waals surface area contributed by atoms with Crippen LogP contribution in [0.4, 0.5) is 0 Å². The molecule has 1 heterocycles. The Morgan fingerprint density at radius 2 is 2.13 bits per heavy atom. The first-order valence-corrected chi connectivity index (χ1v) is 4.78. The lowest BCUT2D eigenvalue weighted by Crippen LogP contribution is -2.13. The summed E-state index contributed by atoms with van der Waals surface area (Å²) in [6, 6.07) is 7.61. The number of ether oxygens (including phenoxy) is 1. The first kappa shape index (κ1) is 9.71. The van der Waals surface area contributed by atoms with Crippen molar-refractivity contribution in [1.82, 2.24) is 0 Å². The molecule has 0 unspecified atom stereocenters. The maximum Gasteiger partial charge on any atom is 0.203 e. The second-order valence-electron chi connectivity index (χ2n) is 3.31. The Hall–Kier alpha value is -1.84. The minimum Gasteiger partial charge on any atom is -0.857 e. The van der Waals surface area contributed by atoms with E-state index in [-0.39, 0.29) is 5.90 Å². The van der Waals surface area contributed by atoms with Gasteiger partial charge in [-0.25, -0.2) is 0 Å². The Kier molecular flexibility index (Phi) is 2.67. The zero-order valence-corrected chi connectivity index (χ0v) is 8.51. The van der Waals surface area contributed by atoms with Crippen molar-refractivity contribution in [2.75, 3.05) is 13.7 Å². The standard InChI is InChI=1S/C11H12N2O2/c1-15-10-4-2-9(3-5-10)8-13-7-6-11(14)12-13/h2-5,8H,6-7H2,1H3. The third kappa shape index (κ3) is 2.34. The number of methoxy groups -OCH3 is 1. The van der Waals surface area contributed by atoms with Crippen molar-refractivity contribution >= 4 is 12.1 Å². The Balaban J connectivity index is 2.17. The minimum atomic E-state index is -0.0558. The van der Waals surface area contributed by atoms with E-state index in [0.29, 0.717) is 13.0 Å². The molecule has 78 valence electrons. The van der Waals surface area contributed by atoms with E-state index >= 15 is 0 Å². The molecule has 2 rings (SSSR count). The van der Waals surface area contributed by atoms with Crippen LogP contribution in [-0.2, 0) is 0 Å². The number of rotatable bonds is 2. The summed E-state index contributed by atoms with van der Waals surface area (Å²) in [7, 11) is 1.63. The normalized spacial score (nSPS) is 17.9. The molecule has 4 nitrogen and oxygen atoms in total. The van der Waals surface area contributed by atoms with E-state index in [1.54, 1.807) is 11.8 Å². The van der Waals surface area contributed by atoms with Crippen molar-refractivity contribution in [1.29, 1.82) is 0 Å². The van der Waals surface area contributed by atoms with Crippen molar-refractivity contribution in [2.45, 2.75) is 6.42 Å². The van der Waals surface area contributed by atoms with E-state index in [1.165, 1.54) is 0 Å². The maximum atomic E-state index is 10.9. The molecule has 0 bridgehead atoms. The monoisotopic (exact) mass is 204 g/mol. The van der Waals surface area contributed by atoms with Crippen LogP contribution in [0.15, 0.2) is 29.4 Å². The molecular formula is C11H12N2O2. The van der Waals surface area contributed by atoms with Crippen LogP contribution >= 0.6 is 0 Å². The Morgan fingerprint density at radius 1 is 1.40 bits per heavy atom. The largest absolute Gasteiger partial charge is 0.857 e. The quantitative estimate of drug-likeness (QED) is 0.646. The molecule has 0 atom stereocenters. The first-order chi connectivity index (χ1) is 7.28. The lowest BCUT2D eigenvalue weighted by molar-refractivity contribution is -0.519. The summed E-state index contributed by atoms with van der Waals surface area (Å²) in [4.78, 5) is 0. The molecule has 0 N–H and O–H groups in total. The zero-order valence-electron chi connectivity index (χ0n) is 8.51. The van der Waals surface area contributed by atoms with E-state index in [4.69, 9.17) is 4.74 Å². The smallest absolute Gasteiger partial charge is 0.203 e. The molecule has 0 spiro atoms. The summed E-state index contributed by atoms with van der Waals surface area (Å²) in [5, 5.41) is 14.7. The van der Waals surface area contributed by atoms with Gasteiger partial charge in [0.2, 0.25) is 6.21 Å². The highest BCUT2D eigenvalue weighted by Crippen LogP contribution is 2.10. The molecule has 0 saturated carbocycles. The summed E-state index contributed by atoms with van der Waals surface area (Å²) < 4.78 is 6.72. The number of nitrogens with zero attached hydrogens (tertiary/aromatic N) is 2. The molecular weight excluding hydrogens is 192 g/mol. The molecule has 1 aromatic carbocycles. The molecule has 1 aliphatic heterocycles. The molecule has 0 amide bonds. The summed E-state index contributed by atoms with van der Waals surface area (Å²) in [5.41, 5.74) is 1.01. The van der Waals surface area contributed by atoms with Gasteiger partial charge in [0.15, 0.2) is 6.54 Å². The molecule has 0 fully saturated rings. The lowest BCUT2D eigenvalue weighted by atomic mass is 10.2. The van der Waals surface area contributed by atoms with Gasteiger partial charge < -0.3 is 9.84 Å². The molecule has 0 aromatic heterocycles. The first-order valence-electron chi connectivity index (χ1n) is 4.78. The third-order valence-corrected chi connectivity index (χ3v) is 2.21. The molecule has 1 aromatic rings. The van der Waals surface area contributed by atoms with Gasteiger partial charge in [-0.2, -0.15) is 0 Å². The number of hydrogen-bond donors (Lipinski definition) is 0. The van der Waals surface area contributed by atoms with E-state index in [0.717, 1.165) is 11.3 Å². The van der Waals surface area contributed by atoms with Crippen LogP contribution in [-0.4, -0.2) is 30.5 Å². The van der Waals surface area contributed by atoms with E-state index in [1.807, 2.05) is 30.5 Å². The van der Waals surface area contributed by atoms with E-state index < -0.39 is 0 Å². The average molecular weight is 204 g/mol. The van der Waals surface area contributed by atoms with Crippen molar-refractivity contribution in [3.8, 4) is 5.75 Å². The van der Waals surface area contributed by atoms with Crippen LogP contribution in [0, 0.1) is 0 Å². The third-order valence-electron chi connectivity index (χ3n) is 2.21. The van der Waals surface area contributed by atoms with E-state index in [9.17, 15) is 5.11 Å². The highest BCUT2D eigenvalue weighted by atomic mass is 16.5. The van der Waals surface area contributed by atoms with Crippen molar-refractivity contribution in [3.05, 3.63) is 29.8 Å². The maximum absolute atomic E-state index is 10.9. The van der Waals surface area contributed by atoms with Gasteiger partial charge in [-0.15, -0.1) is 0 Å². The van der Waals surface area contributed by atoms with Crippen LogP contribution < -0.4 is 9.84 Å². The van der Waals surface area contributed by atoms with Gasteiger partial charge in [0, 0.05) is 17.9 Å². The molecule has 0 aliphatic carbocycles. The van der Waals surface area contributed by atoms with Crippen molar-refractivity contribution < 1.29 is 14.5 Å². The van der Waals surface area contributed by atoms with Crippen molar-refractivity contribution in [3.63, 3.8) is 0 Å². The molecule has 15 heavy (non-hydrogen) atoms. The molecule has 4 heteroatoms. The second kappa shape index (κ2) is 4.13. The Morgan fingerprint density at radius 3 is 2.67 bits per heavy atom. The van der Waals surface area contributed by atoms with Crippen molar-refractivity contribution in [2.24, 2.45) is 5.10 Å². The van der Waals surface area contributed by atoms with Gasteiger partial charge in [0.25, 0.3) is 0 Å². The van der Waals surface area contributed by atoms with Gasteiger partial charge >= 0.3 is 0 Å². The summed E-state index contributed by atoms with van der Waals surface area (Å²) in [6.45, 7) is 0.671. The van der Waals surface area contributed by atoms with Gasteiger partial charge in [-0.3, -0.25) is 0 Å². The SMILES string of the molecule is COc1ccc(C=[N+]2CCC([O-])=N2)cc1. The summed E-state index contributed by atoms with van der Waals surface area (Å²) >= 11 is 0. The highest BCUT2D eigenvalue weighted by molar-refractivity contribution is 5.77. The second-order valence-corrected chi connectivity index (χ2v) is 3.31. The minimum absolute atomic E-state index is 0.0558. The van der Waals surface area contributed by atoms with Crippen LogP contribution in [0.1, 0.15) is 12.0 Å². The van der Waals surface area contributed by atoms with Crippen LogP contribution in [0.5, 0.6) is 5.75 Å². The molecule has 0 saturated heterocycles. The van der Waals surface area contributed by atoms with Crippen LogP contribution in [0.2, 0.25) is 0 Å². The van der Waals surface area contributed by atoms with Crippen LogP contribution in [0.3, 0.4) is 0 Å². The molecule has 0 radical (unpaired) electrons. The fraction of sp³-hybridized carbons (Fsp3) is 0.273. The number of hydrogen-bond acceptors (Lipinski definition) is 3. The number of hydrazone groups is 1. The average Bonchev–Trinajstić information content (AvgIpc) is 2.65.